The van der Waals surface area contributed by atoms with Crippen molar-refractivity contribution in [3.63, 3.8) is 0 Å². The van der Waals surface area contributed by atoms with E-state index in [9.17, 15) is 4.79 Å². The molecular weight excluding hydrogens is 276 g/mol. The molecule has 20 heavy (non-hydrogen) atoms. The van der Waals surface area contributed by atoms with E-state index < -0.39 is 0 Å². The predicted octanol–water partition coefficient (Wildman–Crippen LogP) is 2.46. The number of amides is 1. The lowest BCUT2D eigenvalue weighted by Gasteiger charge is -2.22. The van der Waals surface area contributed by atoms with Gasteiger partial charge in [-0.2, -0.15) is 5.10 Å². The van der Waals surface area contributed by atoms with Crippen LogP contribution in [-0.2, 0) is 11.3 Å². The average Bonchev–Trinajstić information content (AvgIpc) is 2.86. The third-order valence-corrected chi connectivity index (χ3v) is 3.44. The van der Waals surface area contributed by atoms with Crippen LogP contribution in [0.2, 0.25) is 5.02 Å². The second-order valence-corrected chi connectivity index (χ2v) is 5.25. The first-order chi connectivity index (χ1) is 9.49. The molecule has 2 aromatic heterocycles. The fourth-order valence-corrected chi connectivity index (χ4v) is 2.12. The van der Waals surface area contributed by atoms with E-state index in [1.54, 1.807) is 35.2 Å². The summed E-state index contributed by atoms with van der Waals surface area (Å²) in [5, 5.41) is 4.60. The summed E-state index contributed by atoms with van der Waals surface area (Å²) in [6.07, 6.45) is 6.70. The molecule has 106 valence electrons. The number of hydrogen-bond acceptors (Lipinski definition) is 3. The van der Waals surface area contributed by atoms with E-state index in [2.05, 4.69) is 10.1 Å². The Morgan fingerprint density at radius 3 is 2.85 bits per heavy atom. The van der Waals surface area contributed by atoms with Crippen LogP contribution in [0.5, 0.6) is 0 Å². The van der Waals surface area contributed by atoms with Gasteiger partial charge >= 0.3 is 0 Å². The number of pyridine rings is 1. The topological polar surface area (TPSA) is 51.0 Å². The first kappa shape index (κ1) is 14.5. The van der Waals surface area contributed by atoms with Crippen molar-refractivity contribution in [3.05, 3.63) is 47.0 Å². The summed E-state index contributed by atoms with van der Waals surface area (Å²) in [5.41, 5.74) is 2.16. The van der Waals surface area contributed by atoms with Crippen molar-refractivity contribution in [1.82, 2.24) is 19.7 Å². The Balaban J connectivity index is 2.07. The fraction of sp³-hybridized carbons (Fsp3) is 0.357. The molecular formula is C14H17ClN4O. The van der Waals surface area contributed by atoms with Crippen molar-refractivity contribution in [3.8, 4) is 0 Å². The van der Waals surface area contributed by atoms with Crippen LogP contribution in [0.3, 0.4) is 0 Å². The van der Waals surface area contributed by atoms with Crippen molar-refractivity contribution in [1.29, 1.82) is 0 Å². The Hall–Kier alpha value is -1.88. The largest absolute Gasteiger partial charge is 0.340 e. The molecule has 2 heterocycles. The fourth-order valence-electron chi connectivity index (χ4n) is 1.97. The quantitative estimate of drug-likeness (QED) is 0.870. The van der Waals surface area contributed by atoms with Crippen LogP contribution in [0.25, 0.3) is 0 Å². The van der Waals surface area contributed by atoms with Gasteiger partial charge in [-0.1, -0.05) is 11.6 Å². The van der Waals surface area contributed by atoms with Gasteiger partial charge in [0.15, 0.2) is 0 Å². The van der Waals surface area contributed by atoms with Crippen molar-refractivity contribution in [2.45, 2.75) is 26.4 Å². The summed E-state index contributed by atoms with van der Waals surface area (Å²) >= 11 is 5.82. The smallest absolute Gasteiger partial charge is 0.247 e. The maximum absolute atomic E-state index is 12.4. The molecule has 0 radical (unpaired) electrons. The van der Waals surface area contributed by atoms with Gasteiger partial charge in [0.1, 0.15) is 6.04 Å². The molecule has 1 atom stereocenters. The number of likely N-dealkylation sites (N-methyl/N-ethyl adjacent to an activating group) is 1. The van der Waals surface area contributed by atoms with Crippen molar-refractivity contribution < 1.29 is 4.79 Å². The standard InChI is InChI=1S/C14H17ClN4O/c1-10-6-16-5-4-12(10)8-18(3)14(20)11(2)19-9-13(15)7-17-19/h4-7,9,11H,8H2,1-3H3/t11-/m0/s1. The molecule has 0 unspecified atom stereocenters. The van der Waals surface area contributed by atoms with Gasteiger partial charge in [0, 0.05) is 32.2 Å². The van der Waals surface area contributed by atoms with E-state index >= 15 is 0 Å². The van der Waals surface area contributed by atoms with E-state index in [1.807, 2.05) is 19.9 Å². The number of carbonyl (C=O) groups excluding carboxylic acids is 1. The molecule has 1 amide bonds. The molecule has 0 fully saturated rings. The van der Waals surface area contributed by atoms with Crippen LogP contribution in [0, 0.1) is 6.92 Å². The molecule has 6 heteroatoms. The summed E-state index contributed by atoms with van der Waals surface area (Å²) in [6, 6.07) is 1.55. The molecule has 2 rings (SSSR count). The number of aryl methyl sites for hydroxylation is 1. The van der Waals surface area contributed by atoms with E-state index in [4.69, 9.17) is 11.6 Å². The van der Waals surface area contributed by atoms with Gasteiger partial charge in [0.25, 0.3) is 0 Å². The lowest BCUT2D eigenvalue weighted by Crippen LogP contribution is -2.33. The molecule has 2 aromatic rings. The van der Waals surface area contributed by atoms with E-state index in [-0.39, 0.29) is 11.9 Å². The SMILES string of the molecule is Cc1cnccc1CN(C)C(=O)[C@H](C)n1cc(Cl)cn1. The Morgan fingerprint density at radius 2 is 2.25 bits per heavy atom. The zero-order chi connectivity index (χ0) is 14.7. The molecule has 0 aliphatic heterocycles. The van der Waals surface area contributed by atoms with Crippen LogP contribution in [0.15, 0.2) is 30.9 Å². The lowest BCUT2D eigenvalue weighted by molar-refractivity contribution is -0.133. The maximum Gasteiger partial charge on any atom is 0.247 e. The summed E-state index contributed by atoms with van der Waals surface area (Å²) in [7, 11) is 1.78. The van der Waals surface area contributed by atoms with Gasteiger partial charge in [0.2, 0.25) is 5.91 Å². The third-order valence-electron chi connectivity index (χ3n) is 3.24. The van der Waals surface area contributed by atoms with Gasteiger partial charge in [-0.25, -0.2) is 0 Å². The predicted molar refractivity (Wildman–Crippen MR) is 77.4 cm³/mol. The van der Waals surface area contributed by atoms with Gasteiger partial charge in [-0.15, -0.1) is 0 Å². The Morgan fingerprint density at radius 1 is 1.50 bits per heavy atom. The molecule has 0 aliphatic rings. The van der Waals surface area contributed by atoms with E-state index in [0.717, 1.165) is 11.1 Å². The highest BCUT2D eigenvalue weighted by Gasteiger charge is 2.20. The van der Waals surface area contributed by atoms with E-state index in [0.29, 0.717) is 11.6 Å². The van der Waals surface area contributed by atoms with Gasteiger partial charge in [-0.3, -0.25) is 14.5 Å². The minimum atomic E-state index is -0.380. The Bertz CT molecular complexity index is 611. The van der Waals surface area contributed by atoms with Crippen molar-refractivity contribution in [2.75, 3.05) is 7.05 Å². The Kier molecular flexibility index (Phi) is 4.39. The first-order valence-electron chi connectivity index (χ1n) is 6.33. The number of aromatic nitrogens is 3. The number of nitrogens with zero attached hydrogens (tertiary/aromatic N) is 4. The van der Waals surface area contributed by atoms with Crippen molar-refractivity contribution >= 4 is 17.5 Å². The van der Waals surface area contributed by atoms with Gasteiger partial charge in [0.05, 0.1) is 11.2 Å². The Labute approximate surface area is 123 Å². The number of rotatable bonds is 4. The monoisotopic (exact) mass is 292 g/mol. The van der Waals surface area contributed by atoms with Crippen LogP contribution in [0.4, 0.5) is 0 Å². The number of halogens is 1. The first-order valence-corrected chi connectivity index (χ1v) is 6.71. The summed E-state index contributed by atoms with van der Waals surface area (Å²) in [6.45, 7) is 4.34. The second-order valence-electron chi connectivity index (χ2n) is 4.81. The molecule has 0 aromatic carbocycles. The maximum atomic E-state index is 12.4. The highest BCUT2D eigenvalue weighted by atomic mass is 35.5. The van der Waals surface area contributed by atoms with Crippen molar-refractivity contribution in [2.24, 2.45) is 0 Å². The molecule has 0 bridgehead atoms. The summed E-state index contributed by atoms with van der Waals surface area (Å²) in [4.78, 5) is 18.1. The normalized spacial score (nSPS) is 12.2. The van der Waals surface area contributed by atoms with Crippen LogP contribution >= 0.6 is 11.6 Å². The van der Waals surface area contributed by atoms with Crippen LogP contribution in [-0.4, -0.2) is 32.6 Å². The number of carbonyl (C=O) groups is 1. The summed E-state index contributed by atoms with van der Waals surface area (Å²) in [5.74, 6) is -0.0130. The highest BCUT2D eigenvalue weighted by molar-refractivity contribution is 6.30. The molecule has 0 aliphatic carbocycles. The zero-order valence-corrected chi connectivity index (χ0v) is 12.5. The highest BCUT2D eigenvalue weighted by Crippen LogP contribution is 2.15. The zero-order valence-electron chi connectivity index (χ0n) is 11.7. The minimum absolute atomic E-state index is 0.0130. The van der Waals surface area contributed by atoms with E-state index in [1.165, 1.54) is 6.20 Å². The minimum Gasteiger partial charge on any atom is -0.340 e. The van der Waals surface area contributed by atoms with Gasteiger partial charge < -0.3 is 4.90 Å². The average molecular weight is 293 g/mol. The molecule has 5 nitrogen and oxygen atoms in total. The van der Waals surface area contributed by atoms with Gasteiger partial charge in [-0.05, 0) is 31.0 Å². The summed E-state index contributed by atoms with van der Waals surface area (Å²) < 4.78 is 1.57. The number of hydrogen-bond donors (Lipinski definition) is 0. The molecule has 0 saturated carbocycles. The molecule has 0 N–H and O–H groups in total. The van der Waals surface area contributed by atoms with Crippen LogP contribution in [0.1, 0.15) is 24.1 Å². The van der Waals surface area contributed by atoms with Crippen LogP contribution < -0.4 is 0 Å². The third kappa shape index (κ3) is 3.17. The molecule has 0 saturated heterocycles. The second kappa shape index (κ2) is 6.05. The lowest BCUT2D eigenvalue weighted by atomic mass is 10.1. The molecule has 0 spiro atoms.